The molecular formula is C33H35N3O4. The van der Waals surface area contributed by atoms with E-state index in [1.54, 1.807) is 18.5 Å². The molecule has 0 aliphatic rings. The molecule has 0 saturated heterocycles. The molecule has 40 heavy (non-hydrogen) atoms. The SMILES string of the molecule is CC(C)(O)C(=O)Nc1ccc(OCc2ccccc2)c(CCCc2ccc(NC(=O)Cc3cccnc3)cc2)c1. The lowest BCUT2D eigenvalue weighted by atomic mass is 10.0. The molecule has 0 bridgehead atoms. The summed E-state index contributed by atoms with van der Waals surface area (Å²) in [7, 11) is 0. The Bertz CT molecular complexity index is 1400. The second-order valence-electron chi connectivity index (χ2n) is 10.2. The summed E-state index contributed by atoms with van der Waals surface area (Å²) >= 11 is 0. The van der Waals surface area contributed by atoms with Crippen LogP contribution in [-0.2, 0) is 35.5 Å². The average molecular weight is 538 g/mol. The number of hydrogen-bond donors (Lipinski definition) is 3. The zero-order valence-electron chi connectivity index (χ0n) is 22.9. The largest absolute Gasteiger partial charge is 0.489 e. The molecule has 0 radical (unpaired) electrons. The minimum Gasteiger partial charge on any atom is -0.489 e. The first kappa shape index (κ1) is 28.5. The summed E-state index contributed by atoms with van der Waals surface area (Å²) in [4.78, 5) is 28.7. The van der Waals surface area contributed by atoms with Crippen molar-refractivity contribution in [2.45, 2.75) is 51.7 Å². The van der Waals surface area contributed by atoms with Gasteiger partial charge in [-0.3, -0.25) is 14.6 Å². The van der Waals surface area contributed by atoms with Crippen molar-refractivity contribution in [3.05, 3.63) is 120 Å². The van der Waals surface area contributed by atoms with Crippen LogP contribution in [0.1, 0.15) is 42.5 Å². The smallest absolute Gasteiger partial charge is 0.255 e. The molecule has 4 aromatic rings. The lowest BCUT2D eigenvalue weighted by molar-refractivity contribution is -0.130. The van der Waals surface area contributed by atoms with E-state index in [4.69, 9.17) is 4.74 Å². The number of pyridine rings is 1. The molecule has 3 aromatic carbocycles. The topological polar surface area (TPSA) is 101 Å². The molecule has 0 spiro atoms. The summed E-state index contributed by atoms with van der Waals surface area (Å²) < 4.78 is 6.14. The van der Waals surface area contributed by atoms with Gasteiger partial charge in [0.05, 0.1) is 6.42 Å². The number of aryl methyl sites for hydroxylation is 2. The van der Waals surface area contributed by atoms with Gasteiger partial charge in [0.2, 0.25) is 5.91 Å². The van der Waals surface area contributed by atoms with Gasteiger partial charge in [-0.1, -0.05) is 48.5 Å². The molecule has 0 unspecified atom stereocenters. The molecular weight excluding hydrogens is 502 g/mol. The lowest BCUT2D eigenvalue weighted by Crippen LogP contribution is -2.36. The van der Waals surface area contributed by atoms with Gasteiger partial charge in [0, 0.05) is 23.8 Å². The predicted octanol–water partition coefficient (Wildman–Crippen LogP) is 5.73. The van der Waals surface area contributed by atoms with Gasteiger partial charge in [-0.05, 0) is 91.8 Å². The Labute approximate surface area is 235 Å². The first-order valence-corrected chi connectivity index (χ1v) is 13.4. The first-order valence-electron chi connectivity index (χ1n) is 13.4. The molecule has 206 valence electrons. The van der Waals surface area contributed by atoms with Crippen LogP contribution in [0.5, 0.6) is 5.75 Å². The van der Waals surface area contributed by atoms with Crippen LogP contribution < -0.4 is 15.4 Å². The van der Waals surface area contributed by atoms with Crippen LogP contribution in [0.3, 0.4) is 0 Å². The molecule has 2 amide bonds. The number of nitrogens with zero attached hydrogens (tertiary/aromatic N) is 1. The Hall–Kier alpha value is -4.49. The molecule has 7 nitrogen and oxygen atoms in total. The lowest BCUT2D eigenvalue weighted by Gasteiger charge is -2.18. The number of aliphatic hydroxyl groups is 1. The van der Waals surface area contributed by atoms with Crippen molar-refractivity contribution in [3.8, 4) is 5.75 Å². The fourth-order valence-electron chi connectivity index (χ4n) is 4.14. The third-order valence-electron chi connectivity index (χ3n) is 6.35. The van der Waals surface area contributed by atoms with Crippen LogP contribution in [0, 0.1) is 0 Å². The van der Waals surface area contributed by atoms with Crippen LogP contribution >= 0.6 is 0 Å². The Morgan fingerprint density at radius 1 is 0.825 bits per heavy atom. The highest BCUT2D eigenvalue weighted by Crippen LogP contribution is 2.27. The van der Waals surface area contributed by atoms with E-state index in [0.717, 1.165) is 53.0 Å². The highest BCUT2D eigenvalue weighted by atomic mass is 16.5. The normalized spacial score (nSPS) is 11.1. The second-order valence-corrected chi connectivity index (χ2v) is 10.2. The number of ether oxygens (including phenoxy) is 1. The highest BCUT2D eigenvalue weighted by Gasteiger charge is 2.24. The maximum atomic E-state index is 12.3. The van der Waals surface area contributed by atoms with E-state index in [9.17, 15) is 14.7 Å². The summed E-state index contributed by atoms with van der Waals surface area (Å²) in [5, 5.41) is 15.7. The molecule has 4 rings (SSSR count). The molecule has 0 atom stereocenters. The molecule has 3 N–H and O–H groups in total. The predicted molar refractivity (Wildman–Crippen MR) is 157 cm³/mol. The highest BCUT2D eigenvalue weighted by molar-refractivity contribution is 5.96. The quantitative estimate of drug-likeness (QED) is 0.214. The monoisotopic (exact) mass is 537 g/mol. The number of aromatic nitrogens is 1. The molecule has 1 heterocycles. The molecule has 0 aliphatic heterocycles. The number of nitrogens with one attached hydrogen (secondary N) is 2. The molecule has 0 saturated carbocycles. The summed E-state index contributed by atoms with van der Waals surface area (Å²) in [6.45, 7) is 3.35. The maximum absolute atomic E-state index is 12.3. The van der Waals surface area contributed by atoms with E-state index in [1.807, 2.05) is 78.9 Å². The number of benzene rings is 3. The minimum absolute atomic E-state index is 0.0830. The summed E-state index contributed by atoms with van der Waals surface area (Å²) in [5.74, 6) is 0.209. The number of carbonyl (C=O) groups is 2. The van der Waals surface area contributed by atoms with Crippen molar-refractivity contribution in [2.75, 3.05) is 10.6 Å². The van der Waals surface area contributed by atoms with Crippen molar-refractivity contribution in [2.24, 2.45) is 0 Å². The van der Waals surface area contributed by atoms with Gasteiger partial charge in [-0.25, -0.2) is 0 Å². The van der Waals surface area contributed by atoms with Crippen LogP contribution in [0.4, 0.5) is 11.4 Å². The van der Waals surface area contributed by atoms with E-state index < -0.39 is 11.5 Å². The molecule has 0 aliphatic carbocycles. The van der Waals surface area contributed by atoms with E-state index in [2.05, 4.69) is 15.6 Å². The van der Waals surface area contributed by atoms with Crippen LogP contribution in [0.15, 0.2) is 97.3 Å². The number of amides is 2. The Kier molecular flexibility index (Phi) is 9.65. The van der Waals surface area contributed by atoms with Crippen molar-refractivity contribution in [1.29, 1.82) is 0 Å². The number of carbonyl (C=O) groups excluding carboxylic acids is 2. The zero-order valence-corrected chi connectivity index (χ0v) is 22.9. The summed E-state index contributed by atoms with van der Waals surface area (Å²) in [5.41, 5.74) is 3.96. The van der Waals surface area contributed by atoms with Gasteiger partial charge in [0.1, 0.15) is 18.0 Å². The van der Waals surface area contributed by atoms with Crippen molar-refractivity contribution in [3.63, 3.8) is 0 Å². The second kappa shape index (κ2) is 13.5. The first-order chi connectivity index (χ1) is 19.3. The molecule has 0 fully saturated rings. The standard InChI is InChI=1S/C33H35N3O4/c1-33(2,39)32(38)36-29-17-18-30(40-23-25-8-4-3-5-9-25)27(21-29)12-6-10-24-13-15-28(16-14-24)35-31(37)20-26-11-7-19-34-22-26/h3-5,7-9,11,13-19,21-22,39H,6,10,12,20,23H2,1-2H3,(H,35,37)(H,36,38). The summed E-state index contributed by atoms with van der Waals surface area (Å²) in [6, 6.07) is 27.1. The van der Waals surface area contributed by atoms with Crippen LogP contribution in [-0.4, -0.2) is 27.5 Å². The molecule has 7 heteroatoms. The minimum atomic E-state index is -1.48. The fraction of sp³-hybridized carbons (Fsp3) is 0.242. The number of anilines is 2. The van der Waals surface area contributed by atoms with Crippen molar-refractivity contribution >= 4 is 23.2 Å². The van der Waals surface area contributed by atoms with Gasteiger partial charge >= 0.3 is 0 Å². The number of rotatable bonds is 12. The Morgan fingerprint density at radius 2 is 1.55 bits per heavy atom. The van der Waals surface area contributed by atoms with Gasteiger partial charge in [-0.2, -0.15) is 0 Å². The van der Waals surface area contributed by atoms with E-state index >= 15 is 0 Å². The zero-order chi connectivity index (χ0) is 28.4. The fourth-order valence-corrected chi connectivity index (χ4v) is 4.14. The van der Waals surface area contributed by atoms with Crippen molar-refractivity contribution in [1.82, 2.24) is 4.98 Å². The van der Waals surface area contributed by atoms with E-state index in [-0.39, 0.29) is 12.3 Å². The van der Waals surface area contributed by atoms with E-state index in [0.29, 0.717) is 12.3 Å². The van der Waals surface area contributed by atoms with E-state index in [1.165, 1.54) is 13.8 Å². The third-order valence-corrected chi connectivity index (χ3v) is 6.35. The number of hydrogen-bond acceptors (Lipinski definition) is 5. The third kappa shape index (κ3) is 8.78. The van der Waals surface area contributed by atoms with Crippen LogP contribution in [0.25, 0.3) is 0 Å². The Balaban J connectivity index is 1.36. The Morgan fingerprint density at radius 3 is 2.25 bits per heavy atom. The van der Waals surface area contributed by atoms with Gasteiger partial charge in [0.15, 0.2) is 0 Å². The maximum Gasteiger partial charge on any atom is 0.255 e. The average Bonchev–Trinajstić information content (AvgIpc) is 2.94. The van der Waals surface area contributed by atoms with Crippen molar-refractivity contribution < 1.29 is 19.4 Å². The molecule has 1 aromatic heterocycles. The van der Waals surface area contributed by atoms with Crippen LogP contribution in [0.2, 0.25) is 0 Å². The summed E-state index contributed by atoms with van der Waals surface area (Å²) in [6.07, 6.45) is 6.09. The van der Waals surface area contributed by atoms with Gasteiger partial charge < -0.3 is 20.5 Å². The van der Waals surface area contributed by atoms with Gasteiger partial charge in [0.25, 0.3) is 5.91 Å². The van der Waals surface area contributed by atoms with Gasteiger partial charge in [-0.15, -0.1) is 0 Å².